The van der Waals surface area contributed by atoms with E-state index < -0.39 is 9.84 Å². The van der Waals surface area contributed by atoms with Crippen LogP contribution in [0.15, 0.2) is 0 Å². The maximum atomic E-state index is 12.7. The second-order valence-electron chi connectivity index (χ2n) is 6.09. The highest BCUT2D eigenvalue weighted by atomic mass is 32.2. The van der Waals surface area contributed by atoms with E-state index in [1.54, 1.807) is 9.58 Å². The molecule has 1 aliphatic heterocycles. The van der Waals surface area contributed by atoms with Gasteiger partial charge >= 0.3 is 0 Å². The average molecular weight is 327 g/mol. The molecular formula is C15H25N3O3S. The number of carbonyl (C=O) groups is 1. The number of rotatable bonds is 5. The van der Waals surface area contributed by atoms with Gasteiger partial charge in [0.25, 0.3) is 0 Å². The summed E-state index contributed by atoms with van der Waals surface area (Å²) in [5, 5.41) is 4.34. The molecule has 1 aromatic rings. The minimum absolute atomic E-state index is 0.00292. The molecule has 1 saturated heterocycles. The standard InChI is InChI=1S/C15H25N3O3S/c1-5-7-18(13-6-8-22(20,21)10-13)15(19)9-14-11(2)16-17(4)12(14)3/h13H,5-10H2,1-4H3. The Bertz CT molecular complexity index is 664. The van der Waals surface area contributed by atoms with Crippen molar-refractivity contribution in [3.63, 3.8) is 0 Å². The first-order chi connectivity index (χ1) is 10.2. The maximum Gasteiger partial charge on any atom is 0.227 e. The Morgan fingerprint density at radius 3 is 2.55 bits per heavy atom. The van der Waals surface area contributed by atoms with Crippen LogP contribution in [0.1, 0.15) is 36.7 Å². The Hall–Kier alpha value is -1.37. The minimum atomic E-state index is -2.99. The van der Waals surface area contributed by atoms with Crippen LogP contribution in [0.5, 0.6) is 0 Å². The van der Waals surface area contributed by atoms with Gasteiger partial charge in [0.15, 0.2) is 9.84 Å². The lowest BCUT2D eigenvalue weighted by molar-refractivity contribution is -0.132. The molecule has 0 N–H and O–H groups in total. The lowest BCUT2D eigenvalue weighted by Crippen LogP contribution is -2.42. The van der Waals surface area contributed by atoms with E-state index in [1.165, 1.54) is 0 Å². The Kier molecular flexibility index (Phi) is 4.94. The number of hydrogen-bond acceptors (Lipinski definition) is 4. The van der Waals surface area contributed by atoms with Crippen LogP contribution in [0.4, 0.5) is 0 Å². The van der Waals surface area contributed by atoms with Crippen molar-refractivity contribution in [2.24, 2.45) is 7.05 Å². The van der Waals surface area contributed by atoms with Crippen LogP contribution in [0.3, 0.4) is 0 Å². The molecule has 2 rings (SSSR count). The predicted octanol–water partition coefficient (Wildman–Crippen LogP) is 1.01. The van der Waals surface area contributed by atoms with Gasteiger partial charge in [-0.2, -0.15) is 5.10 Å². The number of aromatic nitrogens is 2. The summed E-state index contributed by atoms with van der Waals surface area (Å²) in [7, 11) is -1.12. The SMILES string of the molecule is CCCN(C(=O)Cc1c(C)nn(C)c1C)C1CCS(=O)(=O)C1. The van der Waals surface area contributed by atoms with Crippen LogP contribution in [0, 0.1) is 13.8 Å². The lowest BCUT2D eigenvalue weighted by atomic mass is 10.1. The highest BCUT2D eigenvalue weighted by Crippen LogP contribution is 2.21. The molecule has 0 spiro atoms. The molecule has 1 fully saturated rings. The third-order valence-corrected chi connectivity index (χ3v) is 6.17. The third-order valence-electron chi connectivity index (χ3n) is 4.42. The summed E-state index contributed by atoms with van der Waals surface area (Å²) >= 11 is 0. The first-order valence-corrected chi connectivity index (χ1v) is 9.56. The predicted molar refractivity (Wildman–Crippen MR) is 85.4 cm³/mol. The number of sulfone groups is 1. The number of hydrogen-bond donors (Lipinski definition) is 0. The molecule has 2 heterocycles. The quantitative estimate of drug-likeness (QED) is 0.809. The van der Waals surface area contributed by atoms with Gasteiger partial charge in [0.05, 0.1) is 23.6 Å². The monoisotopic (exact) mass is 327 g/mol. The van der Waals surface area contributed by atoms with Gasteiger partial charge in [0, 0.05) is 30.9 Å². The topological polar surface area (TPSA) is 72.3 Å². The Balaban J connectivity index is 2.17. The van der Waals surface area contributed by atoms with Crippen LogP contribution in [-0.4, -0.2) is 53.1 Å². The fourth-order valence-corrected chi connectivity index (χ4v) is 4.83. The van der Waals surface area contributed by atoms with E-state index in [2.05, 4.69) is 5.10 Å². The summed E-state index contributed by atoms with van der Waals surface area (Å²) in [5.74, 6) is 0.294. The molecule has 1 aliphatic rings. The summed E-state index contributed by atoms with van der Waals surface area (Å²) in [6.45, 7) is 6.47. The molecule has 1 amide bonds. The average Bonchev–Trinajstić information content (AvgIpc) is 2.90. The van der Waals surface area contributed by atoms with Gasteiger partial charge < -0.3 is 4.90 Å². The first-order valence-electron chi connectivity index (χ1n) is 7.74. The summed E-state index contributed by atoms with van der Waals surface area (Å²) in [6.07, 6.45) is 1.68. The second-order valence-corrected chi connectivity index (χ2v) is 8.32. The summed E-state index contributed by atoms with van der Waals surface area (Å²) < 4.78 is 25.2. The molecule has 22 heavy (non-hydrogen) atoms. The number of aryl methyl sites for hydroxylation is 2. The van der Waals surface area contributed by atoms with Crippen LogP contribution in [-0.2, 0) is 28.1 Å². The van der Waals surface area contributed by atoms with Gasteiger partial charge in [0.1, 0.15) is 0 Å². The fraction of sp³-hybridized carbons (Fsp3) is 0.733. The van der Waals surface area contributed by atoms with E-state index in [1.807, 2.05) is 27.8 Å². The molecule has 1 unspecified atom stereocenters. The molecule has 0 aromatic carbocycles. The summed E-state index contributed by atoms with van der Waals surface area (Å²) in [4.78, 5) is 14.5. The van der Waals surface area contributed by atoms with Crippen molar-refractivity contribution in [2.45, 2.75) is 46.1 Å². The molecule has 0 radical (unpaired) electrons. The number of carbonyl (C=O) groups excluding carboxylic acids is 1. The van der Waals surface area contributed by atoms with Crippen LogP contribution in [0.25, 0.3) is 0 Å². The molecule has 6 nitrogen and oxygen atoms in total. The molecular weight excluding hydrogens is 302 g/mol. The Morgan fingerprint density at radius 1 is 1.41 bits per heavy atom. The number of amides is 1. The van der Waals surface area contributed by atoms with Crippen molar-refractivity contribution in [3.8, 4) is 0 Å². The highest BCUT2D eigenvalue weighted by molar-refractivity contribution is 7.91. The molecule has 0 bridgehead atoms. The van der Waals surface area contributed by atoms with Crippen LogP contribution in [0.2, 0.25) is 0 Å². The van der Waals surface area contributed by atoms with Gasteiger partial charge in [-0.1, -0.05) is 6.92 Å². The molecule has 124 valence electrons. The van der Waals surface area contributed by atoms with Crippen molar-refractivity contribution in [1.29, 1.82) is 0 Å². The van der Waals surface area contributed by atoms with E-state index in [4.69, 9.17) is 0 Å². The van der Waals surface area contributed by atoms with E-state index >= 15 is 0 Å². The van der Waals surface area contributed by atoms with Crippen molar-refractivity contribution >= 4 is 15.7 Å². The zero-order valence-electron chi connectivity index (χ0n) is 13.8. The number of nitrogens with zero attached hydrogens (tertiary/aromatic N) is 3. The van der Waals surface area contributed by atoms with Gasteiger partial charge in [0.2, 0.25) is 5.91 Å². The van der Waals surface area contributed by atoms with Crippen LogP contribution < -0.4 is 0 Å². The highest BCUT2D eigenvalue weighted by Gasteiger charge is 2.34. The fourth-order valence-electron chi connectivity index (χ4n) is 3.10. The first kappa shape index (κ1) is 17.0. The van der Waals surface area contributed by atoms with E-state index in [9.17, 15) is 13.2 Å². The van der Waals surface area contributed by atoms with Crippen molar-refractivity contribution < 1.29 is 13.2 Å². The van der Waals surface area contributed by atoms with Gasteiger partial charge in [-0.15, -0.1) is 0 Å². The smallest absolute Gasteiger partial charge is 0.227 e. The molecule has 1 aromatic heterocycles. The normalized spacial score (nSPS) is 20.3. The molecule has 0 aliphatic carbocycles. The maximum absolute atomic E-state index is 12.7. The van der Waals surface area contributed by atoms with Gasteiger partial charge in [-0.25, -0.2) is 8.42 Å². The van der Waals surface area contributed by atoms with Crippen molar-refractivity contribution in [1.82, 2.24) is 14.7 Å². The second kappa shape index (κ2) is 6.40. The Morgan fingerprint density at radius 2 is 2.09 bits per heavy atom. The zero-order chi connectivity index (χ0) is 16.5. The van der Waals surface area contributed by atoms with E-state index in [0.717, 1.165) is 23.4 Å². The van der Waals surface area contributed by atoms with Crippen molar-refractivity contribution in [3.05, 3.63) is 17.0 Å². The minimum Gasteiger partial charge on any atom is -0.338 e. The summed E-state index contributed by atoms with van der Waals surface area (Å²) in [5.41, 5.74) is 2.81. The molecule has 1 atom stereocenters. The third kappa shape index (κ3) is 3.51. The van der Waals surface area contributed by atoms with E-state index in [0.29, 0.717) is 19.4 Å². The van der Waals surface area contributed by atoms with Gasteiger partial charge in [-0.05, 0) is 26.7 Å². The Labute approximate surface area is 132 Å². The van der Waals surface area contributed by atoms with Crippen molar-refractivity contribution in [2.75, 3.05) is 18.1 Å². The molecule has 0 saturated carbocycles. The summed E-state index contributed by atoms with van der Waals surface area (Å²) in [6, 6.07) is -0.172. The van der Waals surface area contributed by atoms with E-state index in [-0.39, 0.29) is 23.5 Å². The van der Waals surface area contributed by atoms with Gasteiger partial charge in [-0.3, -0.25) is 9.48 Å². The zero-order valence-corrected chi connectivity index (χ0v) is 14.6. The van der Waals surface area contributed by atoms with Crippen LogP contribution >= 0.6 is 0 Å². The largest absolute Gasteiger partial charge is 0.338 e. The molecule has 7 heteroatoms. The lowest BCUT2D eigenvalue weighted by Gasteiger charge is -2.28.